The van der Waals surface area contributed by atoms with Crippen LogP contribution in [0.25, 0.3) is 0 Å². The average Bonchev–Trinajstić information content (AvgIpc) is 2.74. The standard InChI is InChI=1S/C12H10Cl2O5/c13-7-1-2-9(8(14)5-7)18-6-11(15)19-10-3-4-17-12(10)16/h1-2,5,10H,3-4,6H2. The van der Waals surface area contributed by atoms with E-state index in [4.69, 9.17) is 32.7 Å². The van der Waals surface area contributed by atoms with Crippen LogP contribution in [0.15, 0.2) is 18.2 Å². The maximum atomic E-state index is 11.5. The Morgan fingerprint density at radius 1 is 1.42 bits per heavy atom. The van der Waals surface area contributed by atoms with Gasteiger partial charge in [0.2, 0.25) is 6.10 Å². The SMILES string of the molecule is O=C(COc1ccc(Cl)cc1Cl)OC1CCOC1=O. The monoisotopic (exact) mass is 304 g/mol. The summed E-state index contributed by atoms with van der Waals surface area (Å²) in [6.45, 7) is -0.0776. The van der Waals surface area contributed by atoms with Crippen molar-refractivity contribution in [3.05, 3.63) is 28.2 Å². The third kappa shape index (κ3) is 3.75. The summed E-state index contributed by atoms with van der Waals surface area (Å²) in [6.07, 6.45) is -0.469. The van der Waals surface area contributed by atoms with Gasteiger partial charge < -0.3 is 14.2 Å². The number of cyclic esters (lactones) is 1. The van der Waals surface area contributed by atoms with E-state index in [0.29, 0.717) is 22.2 Å². The predicted molar refractivity (Wildman–Crippen MR) is 67.4 cm³/mol. The normalized spacial score (nSPS) is 18.0. The summed E-state index contributed by atoms with van der Waals surface area (Å²) in [4.78, 5) is 22.6. The van der Waals surface area contributed by atoms with Crippen molar-refractivity contribution in [3.8, 4) is 5.75 Å². The Hall–Kier alpha value is -1.46. The van der Waals surface area contributed by atoms with Crippen LogP contribution in [0.4, 0.5) is 0 Å². The van der Waals surface area contributed by atoms with E-state index in [1.165, 1.54) is 6.07 Å². The van der Waals surface area contributed by atoms with Gasteiger partial charge in [-0.3, -0.25) is 0 Å². The van der Waals surface area contributed by atoms with Crippen molar-refractivity contribution in [1.29, 1.82) is 0 Å². The molecular weight excluding hydrogens is 295 g/mol. The Bertz CT molecular complexity index is 503. The van der Waals surface area contributed by atoms with Gasteiger partial charge in [-0.05, 0) is 18.2 Å². The third-order valence-electron chi connectivity index (χ3n) is 2.40. The molecule has 0 aliphatic carbocycles. The molecule has 0 radical (unpaired) electrons. The summed E-state index contributed by atoms with van der Waals surface area (Å²) < 4.78 is 14.8. The highest BCUT2D eigenvalue weighted by Gasteiger charge is 2.30. The van der Waals surface area contributed by atoms with E-state index in [1.807, 2.05) is 0 Å². The summed E-state index contributed by atoms with van der Waals surface area (Å²) in [7, 11) is 0. The smallest absolute Gasteiger partial charge is 0.347 e. The van der Waals surface area contributed by atoms with Gasteiger partial charge in [0.15, 0.2) is 6.61 Å². The number of hydrogen-bond donors (Lipinski definition) is 0. The number of carbonyl (C=O) groups is 2. The molecule has 0 bridgehead atoms. The summed E-state index contributed by atoms with van der Waals surface area (Å²) in [5, 5.41) is 0.759. The molecule has 1 atom stereocenters. The van der Waals surface area contributed by atoms with Crippen molar-refractivity contribution in [2.75, 3.05) is 13.2 Å². The van der Waals surface area contributed by atoms with Gasteiger partial charge in [0, 0.05) is 11.4 Å². The van der Waals surface area contributed by atoms with Crippen LogP contribution in [0.2, 0.25) is 10.0 Å². The molecule has 19 heavy (non-hydrogen) atoms. The fraction of sp³-hybridized carbons (Fsp3) is 0.333. The Labute approximate surface area is 119 Å². The molecule has 2 rings (SSSR count). The molecule has 7 heteroatoms. The first-order valence-corrected chi connectivity index (χ1v) is 6.26. The van der Waals surface area contributed by atoms with Crippen molar-refractivity contribution < 1.29 is 23.8 Å². The molecule has 102 valence electrons. The lowest BCUT2D eigenvalue weighted by molar-refractivity contribution is -0.161. The first-order valence-electron chi connectivity index (χ1n) is 5.50. The summed E-state index contributed by atoms with van der Waals surface area (Å²) in [5.74, 6) is -0.871. The molecule has 1 aromatic rings. The molecule has 1 aliphatic rings. The van der Waals surface area contributed by atoms with Gasteiger partial charge in [-0.1, -0.05) is 23.2 Å². The third-order valence-corrected chi connectivity index (χ3v) is 2.93. The molecular formula is C12H10Cl2O5. The minimum absolute atomic E-state index is 0.265. The number of carbonyl (C=O) groups excluding carboxylic acids is 2. The second-order valence-corrected chi connectivity index (χ2v) is 4.64. The first kappa shape index (κ1) is 14.0. The fourth-order valence-electron chi connectivity index (χ4n) is 1.51. The Morgan fingerprint density at radius 3 is 2.84 bits per heavy atom. The number of benzene rings is 1. The van der Waals surface area contributed by atoms with Crippen molar-refractivity contribution in [3.63, 3.8) is 0 Å². The van der Waals surface area contributed by atoms with Crippen LogP contribution in [-0.2, 0) is 19.1 Å². The van der Waals surface area contributed by atoms with E-state index in [1.54, 1.807) is 12.1 Å². The molecule has 1 aromatic carbocycles. The van der Waals surface area contributed by atoms with E-state index in [9.17, 15) is 9.59 Å². The van der Waals surface area contributed by atoms with Crippen molar-refractivity contribution in [1.82, 2.24) is 0 Å². The van der Waals surface area contributed by atoms with Crippen LogP contribution in [0, 0.1) is 0 Å². The average molecular weight is 305 g/mol. The van der Waals surface area contributed by atoms with Crippen molar-refractivity contribution in [2.24, 2.45) is 0 Å². The summed E-state index contributed by atoms with van der Waals surface area (Å²) in [5.41, 5.74) is 0. The molecule has 0 spiro atoms. The van der Waals surface area contributed by atoms with Gasteiger partial charge >= 0.3 is 11.9 Å². The van der Waals surface area contributed by atoms with Crippen LogP contribution in [0.5, 0.6) is 5.75 Å². The van der Waals surface area contributed by atoms with Gasteiger partial charge in [0.05, 0.1) is 11.6 Å². The molecule has 1 heterocycles. The molecule has 0 amide bonds. The van der Waals surface area contributed by atoms with Gasteiger partial charge in [-0.2, -0.15) is 0 Å². The lowest BCUT2D eigenvalue weighted by atomic mass is 10.3. The van der Waals surface area contributed by atoms with Crippen molar-refractivity contribution in [2.45, 2.75) is 12.5 Å². The zero-order chi connectivity index (χ0) is 13.8. The molecule has 1 unspecified atom stereocenters. The number of hydrogen-bond acceptors (Lipinski definition) is 5. The predicted octanol–water partition coefficient (Wildman–Crippen LogP) is 2.23. The lowest BCUT2D eigenvalue weighted by Gasteiger charge is -2.10. The molecule has 0 saturated carbocycles. The zero-order valence-electron chi connectivity index (χ0n) is 9.73. The maximum Gasteiger partial charge on any atom is 0.347 e. The highest BCUT2D eigenvalue weighted by Crippen LogP contribution is 2.27. The van der Waals surface area contributed by atoms with Crippen LogP contribution in [-0.4, -0.2) is 31.3 Å². The highest BCUT2D eigenvalue weighted by atomic mass is 35.5. The second-order valence-electron chi connectivity index (χ2n) is 3.80. The van der Waals surface area contributed by atoms with E-state index in [0.717, 1.165) is 0 Å². The number of esters is 2. The molecule has 0 N–H and O–H groups in total. The van der Waals surface area contributed by atoms with Crippen molar-refractivity contribution >= 4 is 35.1 Å². The van der Waals surface area contributed by atoms with Gasteiger partial charge in [0.1, 0.15) is 5.75 Å². The van der Waals surface area contributed by atoms with E-state index in [-0.39, 0.29) is 13.2 Å². The molecule has 1 saturated heterocycles. The largest absolute Gasteiger partial charge is 0.480 e. The highest BCUT2D eigenvalue weighted by molar-refractivity contribution is 6.35. The number of halogens is 2. The minimum atomic E-state index is -0.836. The molecule has 1 fully saturated rings. The van der Waals surface area contributed by atoms with Crippen LogP contribution < -0.4 is 4.74 Å². The van der Waals surface area contributed by atoms with Gasteiger partial charge in [-0.15, -0.1) is 0 Å². The maximum absolute atomic E-state index is 11.5. The Balaban J connectivity index is 1.84. The first-order chi connectivity index (χ1) is 9.06. The van der Waals surface area contributed by atoms with E-state index >= 15 is 0 Å². The molecule has 1 aliphatic heterocycles. The second kappa shape index (κ2) is 6.12. The van der Waals surface area contributed by atoms with E-state index < -0.39 is 18.0 Å². The summed E-state index contributed by atoms with van der Waals surface area (Å²) >= 11 is 11.6. The zero-order valence-corrected chi connectivity index (χ0v) is 11.2. The fourth-order valence-corrected chi connectivity index (χ4v) is 1.97. The van der Waals surface area contributed by atoms with Gasteiger partial charge in [-0.25, -0.2) is 9.59 Å². The summed E-state index contributed by atoms with van der Waals surface area (Å²) in [6, 6.07) is 4.63. The molecule has 0 aromatic heterocycles. The molecule has 5 nitrogen and oxygen atoms in total. The topological polar surface area (TPSA) is 61.8 Å². The number of ether oxygens (including phenoxy) is 3. The van der Waals surface area contributed by atoms with Gasteiger partial charge in [0.25, 0.3) is 0 Å². The van der Waals surface area contributed by atoms with Crippen LogP contribution in [0.3, 0.4) is 0 Å². The minimum Gasteiger partial charge on any atom is -0.480 e. The van der Waals surface area contributed by atoms with Crippen LogP contribution in [0.1, 0.15) is 6.42 Å². The van der Waals surface area contributed by atoms with Crippen LogP contribution >= 0.6 is 23.2 Å². The Morgan fingerprint density at radius 2 is 2.21 bits per heavy atom. The number of rotatable bonds is 4. The van der Waals surface area contributed by atoms with E-state index in [2.05, 4.69) is 4.74 Å². The Kier molecular flexibility index (Phi) is 4.50. The lowest BCUT2D eigenvalue weighted by Crippen LogP contribution is -2.26. The quantitative estimate of drug-likeness (QED) is 0.798.